The Bertz CT molecular complexity index is 819. The van der Waals surface area contributed by atoms with Crippen LogP contribution >= 0.6 is 0 Å². The van der Waals surface area contributed by atoms with E-state index in [1.165, 1.54) is 6.08 Å². The molecule has 0 aliphatic rings. The number of H-pyrrole nitrogens is 1. The SMILES string of the molecule is CCOC(=O)/C=C(/c1ccccc1)c1cccc2cn[nH]c12. The van der Waals surface area contributed by atoms with Crippen LogP contribution in [0.2, 0.25) is 0 Å². The Labute approximate surface area is 128 Å². The highest BCUT2D eigenvalue weighted by Gasteiger charge is 2.12. The van der Waals surface area contributed by atoms with E-state index in [1.807, 2.05) is 48.5 Å². The number of hydrogen-bond donors (Lipinski definition) is 1. The second kappa shape index (κ2) is 6.26. The predicted molar refractivity (Wildman–Crippen MR) is 86.2 cm³/mol. The van der Waals surface area contributed by atoms with E-state index >= 15 is 0 Å². The maximum Gasteiger partial charge on any atom is 0.331 e. The lowest BCUT2D eigenvalue weighted by Gasteiger charge is -2.09. The largest absolute Gasteiger partial charge is 0.463 e. The molecule has 0 aliphatic heterocycles. The molecule has 4 heteroatoms. The van der Waals surface area contributed by atoms with Crippen molar-refractivity contribution in [3.63, 3.8) is 0 Å². The van der Waals surface area contributed by atoms with Crippen molar-refractivity contribution in [2.24, 2.45) is 0 Å². The fourth-order valence-corrected chi connectivity index (χ4v) is 2.43. The minimum Gasteiger partial charge on any atom is -0.463 e. The van der Waals surface area contributed by atoms with Gasteiger partial charge in [0.1, 0.15) is 0 Å². The fourth-order valence-electron chi connectivity index (χ4n) is 2.43. The average Bonchev–Trinajstić information content (AvgIpc) is 3.02. The van der Waals surface area contributed by atoms with Gasteiger partial charge in [0.2, 0.25) is 0 Å². The molecule has 0 saturated heterocycles. The van der Waals surface area contributed by atoms with Crippen LogP contribution in [0.3, 0.4) is 0 Å². The smallest absolute Gasteiger partial charge is 0.331 e. The van der Waals surface area contributed by atoms with Crippen LogP contribution in [0.5, 0.6) is 0 Å². The van der Waals surface area contributed by atoms with Gasteiger partial charge in [-0.2, -0.15) is 5.10 Å². The average molecular weight is 292 g/mol. The number of aromatic nitrogens is 2. The number of benzene rings is 2. The van der Waals surface area contributed by atoms with Crippen molar-refractivity contribution in [1.82, 2.24) is 10.2 Å². The van der Waals surface area contributed by atoms with E-state index in [-0.39, 0.29) is 5.97 Å². The van der Waals surface area contributed by atoms with Crippen LogP contribution in [-0.2, 0) is 9.53 Å². The molecule has 0 aliphatic carbocycles. The number of ether oxygens (including phenoxy) is 1. The summed E-state index contributed by atoms with van der Waals surface area (Å²) in [4.78, 5) is 12.0. The van der Waals surface area contributed by atoms with Crippen LogP contribution in [0.25, 0.3) is 16.5 Å². The third-order valence-electron chi connectivity index (χ3n) is 3.40. The molecular formula is C18H16N2O2. The molecule has 0 atom stereocenters. The standard InChI is InChI=1S/C18H16N2O2/c1-2-22-17(21)11-16(13-7-4-3-5-8-13)15-10-6-9-14-12-19-20-18(14)15/h3-12H,2H2,1H3,(H,19,20)/b16-11-. The van der Waals surface area contributed by atoms with Crippen LogP contribution in [0.4, 0.5) is 0 Å². The van der Waals surface area contributed by atoms with Gasteiger partial charge in [0.05, 0.1) is 18.3 Å². The summed E-state index contributed by atoms with van der Waals surface area (Å²) in [5.74, 6) is -0.349. The number of aromatic amines is 1. The molecule has 0 radical (unpaired) electrons. The number of nitrogens with one attached hydrogen (secondary N) is 1. The van der Waals surface area contributed by atoms with E-state index in [0.29, 0.717) is 6.61 Å². The molecule has 1 N–H and O–H groups in total. The highest BCUT2D eigenvalue weighted by atomic mass is 16.5. The van der Waals surface area contributed by atoms with Gasteiger partial charge in [0, 0.05) is 17.0 Å². The molecule has 0 fully saturated rings. The second-order valence-electron chi connectivity index (χ2n) is 4.82. The van der Waals surface area contributed by atoms with Gasteiger partial charge in [-0.05, 0) is 18.1 Å². The van der Waals surface area contributed by atoms with E-state index < -0.39 is 0 Å². The molecule has 0 bridgehead atoms. The quantitative estimate of drug-likeness (QED) is 0.591. The summed E-state index contributed by atoms with van der Waals surface area (Å²) in [6, 6.07) is 15.7. The second-order valence-corrected chi connectivity index (χ2v) is 4.82. The molecular weight excluding hydrogens is 276 g/mol. The number of para-hydroxylation sites is 1. The number of nitrogens with zero attached hydrogens (tertiary/aromatic N) is 1. The molecule has 0 unspecified atom stereocenters. The Hall–Kier alpha value is -2.88. The fraction of sp³-hybridized carbons (Fsp3) is 0.111. The lowest BCUT2D eigenvalue weighted by Crippen LogP contribution is -2.02. The monoisotopic (exact) mass is 292 g/mol. The summed E-state index contributed by atoms with van der Waals surface area (Å²) in [5, 5.41) is 8.09. The Morgan fingerprint density at radius 1 is 1.18 bits per heavy atom. The Morgan fingerprint density at radius 2 is 2.00 bits per heavy atom. The molecule has 3 aromatic rings. The van der Waals surface area contributed by atoms with Gasteiger partial charge in [0.25, 0.3) is 0 Å². The summed E-state index contributed by atoms with van der Waals surface area (Å²) in [6.45, 7) is 2.15. The number of carbonyl (C=O) groups excluding carboxylic acids is 1. The maximum atomic E-state index is 12.0. The van der Waals surface area contributed by atoms with Crippen molar-refractivity contribution in [2.75, 3.05) is 6.61 Å². The topological polar surface area (TPSA) is 55.0 Å². The Morgan fingerprint density at radius 3 is 2.77 bits per heavy atom. The number of hydrogen-bond acceptors (Lipinski definition) is 3. The van der Waals surface area contributed by atoms with Gasteiger partial charge in [-0.25, -0.2) is 4.79 Å². The first kappa shape index (κ1) is 14.1. The van der Waals surface area contributed by atoms with Gasteiger partial charge in [-0.15, -0.1) is 0 Å². The molecule has 22 heavy (non-hydrogen) atoms. The Kier molecular flexibility index (Phi) is 4.01. The molecule has 0 spiro atoms. The third kappa shape index (κ3) is 2.76. The zero-order chi connectivity index (χ0) is 15.4. The molecule has 0 amide bonds. The highest BCUT2D eigenvalue weighted by molar-refractivity contribution is 6.02. The molecule has 3 rings (SSSR count). The van der Waals surface area contributed by atoms with Crippen molar-refractivity contribution in [3.8, 4) is 0 Å². The minimum absolute atomic E-state index is 0.349. The molecule has 1 aromatic heterocycles. The molecule has 4 nitrogen and oxygen atoms in total. The van der Waals surface area contributed by atoms with Gasteiger partial charge in [-0.3, -0.25) is 5.10 Å². The van der Waals surface area contributed by atoms with Crippen molar-refractivity contribution in [3.05, 3.63) is 71.9 Å². The first-order valence-electron chi connectivity index (χ1n) is 7.16. The zero-order valence-electron chi connectivity index (χ0n) is 12.2. The Balaban J connectivity index is 2.17. The van der Waals surface area contributed by atoms with Crippen LogP contribution in [0.15, 0.2) is 60.8 Å². The van der Waals surface area contributed by atoms with Gasteiger partial charge in [-0.1, -0.05) is 48.5 Å². The van der Waals surface area contributed by atoms with E-state index in [0.717, 1.165) is 27.6 Å². The van der Waals surface area contributed by atoms with E-state index in [4.69, 9.17) is 4.74 Å². The van der Waals surface area contributed by atoms with Gasteiger partial charge in [0.15, 0.2) is 0 Å². The molecule has 0 saturated carbocycles. The van der Waals surface area contributed by atoms with Crippen molar-refractivity contribution in [1.29, 1.82) is 0 Å². The highest BCUT2D eigenvalue weighted by Crippen LogP contribution is 2.28. The normalized spacial score (nSPS) is 11.6. The van der Waals surface area contributed by atoms with Crippen LogP contribution < -0.4 is 0 Å². The van der Waals surface area contributed by atoms with Gasteiger partial charge >= 0.3 is 5.97 Å². The summed E-state index contributed by atoms with van der Waals surface area (Å²) in [7, 11) is 0. The van der Waals surface area contributed by atoms with E-state index in [1.54, 1.807) is 13.1 Å². The van der Waals surface area contributed by atoms with Crippen molar-refractivity contribution >= 4 is 22.4 Å². The molecule has 2 aromatic carbocycles. The molecule has 1 heterocycles. The third-order valence-corrected chi connectivity index (χ3v) is 3.40. The summed E-state index contributed by atoms with van der Waals surface area (Å²) in [5.41, 5.74) is 3.60. The maximum absolute atomic E-state index is 12.0. The molecule has 110 valence electrons. The lowest BCUT2D eigenvalue weighted by molar-refractivity contribution is -0.137. The number of esters is 1. The first-order valence-corrected chi connectivity index (χ1v) is 7.16. The first-order chi connectivity index (χ1) is 10.8. The van der Waals surface area contributed by atoms with Crippen molar-refractivity contribution < 1.29 is 9.53 Å². The van der Waals surface area contributed by atoms with Crippen LogP contribution in [-0.4, -0.2) is 22.8 Å². The number of rotatable bonds is 4. The van der Waals surface area contributed by atoms with E-state index in [9.17, 15) is 4.79 Å². The number of fused-ring (bicyclic) bond motifs is 1. The number of carbonyl (C=O) groups is 1. The minimum atomic E-state index is -0.349. The van der Waals surface area contributed by atoms with E-state index in [2.05, 4.69) is 10.2 Å². The summed E-state index contributed by atoms with van der Waals surface area (Å²) < 4.78 is 5.07. The lowest BCUT2D eigenvalue weighted by atomic mass is 9.96. The zero-order valence-corrected chi connectivity index (χ0v) is 12.2. The summed E-state index contributed by atoms with van der Waals surface area (Å²) in [6.07, 6.45) is 3.31. The van der Waals surface area contributed by atoms with Gasteiger partial charge < -0.3 is 4.74 Å². The van der Waals surface area contributed by atoms with Crippen LogP contribution in [0, 0.1) is 0 Å². The van der Waals surface area contributed by atoms with Crippen LogP contribution in [0.1, 0.15) is 18.1 Å². The van der Waals surface area contributed by atoms with Crippen molar-refractivity contribution in [2.45, 2.75) is 6.92 Å². The predicted octanol–water partition coefficient (Wildman–Crippen LogP) is 3.56. The summed E-state index contributed by atoms with van der Waals surface area (Å²) >= 11 is 0.